The lowest BCUT2D eigenvalue weighted by Gasteiger charge is -2.24. The third kappa shape index (κ3) is 11.8. The molecule has 5 heterocycles. The molecule has 16 nitrogen and oxygen atoms in total. The van der Waals surface area contributed by atoms with Crippen LogP contribution in [0.25, 0.3) is 39.2 Å². The molecular weight excluding hydrogens is 857 g/mol. The Kier molecular flexibility index (Phi) is 13.9. The number of nitrogens with two attached hydrogens (primary N) is 1. The van der Waals surface area contributed by atoms with Crippen molar-refractivity contribution in [1.82, 2.24) is 40.3 Å². The van der Waals surface area contributed by atoms with Crippen molar-refractivity contribution in [2.24, 2.45) is 4.99 Å². The Balaban J connectivity index is 1.16. The zero-order valence-corrected chi connectivity index (χ0v) is 39.2. The second-order valence-corrected chi connectivity index (χ2v) is 18.1. The van der Waals surface area contributed by atoms with Gasteiger partial charge in [0.1, 0.15) is 11.2 Å². The van der Waals surface area contributed by atoms with E-state index in [2.05, 4.69) is 37.8 Å². The van der Waals surface area contributed by atoms with Gasteiger partial charge in [-0.1, -0.05) is 24.3 Å². The molecule has 0 spiro atoms. The van der Waals surface area contributed by atoms with Gasteiger partial charge in [0.25, 0.3) is 0 Å². The van der Waals surface area contributed by atoms with Gasteiger partial charge in [-0.15, -0.1) is 0 Å². The molecule has 2 unspecified atom stereocenters. The number of nitrogens with zero attached hydrogens (tertiary/aromatic N) is 9. The standard InChI is InChI=1S/C52H52N12O4/c1-31-13-9-19-47(58-31)56-29-38-35(27-53)23-33(25-40(38)55)42-17-12-18-44(62-42)45(63-50(66)68-52(6,7)8)22-21-37-14-10-20-48(60-37)64-46-26-34(24-36(28-54)39(46)30-57-64)43-16-11-15-41(61-43)32(2)59-49(65)67-51(3,4)5/h9-20,23-26,29-30,32,45H,21-22,55H2,1-8H3,(H,59,65)(H,63,66). The monoisotopic (exact) mass is 908 g/mol. The molecule has 0 bridgehead atoms. The number of aliphatic imine (C=N–C) groups is 1. The zero-order chi connectivity index (χ0) is 48.8. The Hall–Kier alpha value is -8.50. The number of carbonyl (C=O) groups is 2. The number of ether oxygens (including phenoxy) is 2. The fourth-order valence-corrected chi connectivity index (χ4v) is 7.32. The van der Waals surface area contributed by atoms with E-state index in [1.54, 1.807) is 76.7 Å². The lowest BCUT2D eigenvalue weighted by atomic mass is 10.00. The molecule has 344 valence electrons. The average Bonchev–Trinajstić information content (AvgIpc) is 3.73. The number of hydrogen-bond acceptors (Lipinski definition) is 13. The highest BCUT2D eigenvalue weighted by molar-refractivity contribution is 5.93. The van der Waals surface area contributed by atoms with Crippen LogP contribution in [0.2, 0.25) is 0 Å². The molecule has 5 aromatic heterocycles. The van der Waals surface area contributed by atoms with Crippen molar-refractivity contribution in [3.8, 4) is 40.5 Å². The Morgan fingerprint density at radius 1 is 0.779 bits per heavy atom. The molecule has 0 saturated carbocycles. The molecule has 0 aliphatic heterocycles. The minimum Gasteiger partial charge on any atom is -0.444 e. The predicted molar refractivity (Wildman–Crippen MR) is 260 cm³/mol. The van der Waals surface area contributed by atoms with Gasteiger partial charge in [-0.3, -0.25) is 9.97 Å². The Bertz CT molecular complexity index is 3130. The van der Waals surface area contributed by atoms with E-state index in [1.807, 2.05) is 86.6 Å². The summed E-state index contributed by atoms with van der Waals surface area (Å²) in [5.41, 5.74) is 12.4. The summed E-state index contributed by atoms with van der Waals surface area (Å²) in [4.78, 5) is 49.5. The van der Waals surface area contributed by atoms with E-state index >= 15 is 0 Å². The van der Waals surface area contributed by atoms with Gasteiger partial charge in [-0.05, 0) is 141 Å². The molecule has 16 heteroatoms. The van der Waals surface area contributed by atoms with Crippen molar-refractivity contribution < 1.29 is 19.1 Å². The number of carbonyl (C=O) groups excluding carboxylic acids is 2. The first-order valence-electron chi connectivity index (χ1n) is 22.0. The molecule has 0 radical (unpaired) electrons. The van der Waals surface area contributed by atoms with Gasteiger partial charge in [0.2, 0.25) is 0 Å². The van der Waals surface area contributed by atoms with E-state index in [-0.39, 0.29) is 0 Å². The smallest absolute Gasteiger partial charge is 0.408 e. The summed E-state index contributed by atoms with van der Waals surface area (Å²) in [7, 11) is 0. The van der Waals surface area contributed by atoms with Crippen LogP contribution in [0, 0.1) is 29.6 Å². The number of nitriles is 2. The second-order valence-electron chi connectivity index (χ2n) is 18.1. The fraction of sp³-hybridized carbons (Fsp3) is 0.269. The molecule has 0 aliphatic carbocycles. The fourth-order valence-electron chi connectivity index (χ4n) is 7.32. The van der Waals surface area contributed by atoms with E-state index in [1.165, 1.54) is 6.21 Å². The topological polar surface area (TPSA) is 232 Å². The van der Waals surface area contributed by atoms with Crippen molar-refractivity contribution in [3.63, 3.8) is 0 Å². The van der Waals surface area contributed by atoms with Crippen LogP contribution in [-0.2, 0) is 15.9 Å². The minimum atomic E-state index is -0.750. The Morgan fingerprint density at radius 2 is 1.40 bits per heavy atom. The molecule has 0 saturated heterocycles. The second kappa shape index (κ2) is 19.9. The van der Waals surface area contributed by atoms with E-state index in [0.717, 1.165) is 5.69 Å². The van der Waals surface area contributed by atoms with Gasteiger partial charge in [-0.2, -0.15) is 15.6 Å². The Morgan fingerprint density at radius 3 is 2.07 bits per heavy atom. The van der Waals surface area contributed by atoms with Gasteiger partial charge >= 0.3 is 12.2 Å². The summed E-state index contributed by atoms with van der Waals surface area (Å²) in [6.45, 7) is 14.5. The van der Waals surface area contributed by atoms with E-state index in [9.17, 15) is 20.1 Å². The summed E-state index contributed by atoms with van der Waals surface area (Å²) in [5.74, 6) is 1.01. The molecule has 2 atom stereocenters. The molecule has 0 aliphatic rings. The molecule has 4 N–H and O–H groups in total. The molecule has 2 aromatic carbocycles. The molecule has 2 amide bonds. The number of fused-ring (bicyclic) bond motifs is 1. The third-order valence-electron chi connectivity index (χ3n) is 10.4. The highest BCUT2D eigenvalue weighted by Gasteiger charge is 2.24. The van der Waals surface area contributed by atoms with Crippen LogP contribution in [0.4, 0.5) is 21.1 Å². The number of nitrogens with one attached hydrogen (secondary N) is 2. The third-order valence-corrected chi connectivity index (χ3v) is 10.4. The van der Waals surface area contributed by atoms with Crippen molar-refractivity contribution in [1.29, 1.82) is 10.5 Å². The van der Waals surface area contributed by atoms with Crippen LogP contribution in [0.3, 0.4) is 0 Å². The number of nitrogen functional groups attached to an aromatic ring is 1. The van der Waals surface area contributed by atoms with Gasteiger partial charge in [0.05, 0.1) is 69.8 Å². The number of aryl methyl sites for hydroxylation is 2. The average molecular weight is 909 g/mol. The first-order valence-corrected chi connectivity index (χ1v) is 22.0. The predicted octanol–water partition coefficient (Wildman–Crippen LogP) is 10.1. The molecule has 7 rings (SSSR count). The van der Waals surface area contributed by atoms with Crippen LogP contribution < -0.4 is 16.4 Å². The lowest BCUT2D eigenvalue weighted by Crippen LogP contribution is -2.35. The Labute approximate surface area is 394 Å². The minimum absolute atomic E-state index is 0.313. The quantitative estimate of drug-likeness (QED) is 0.0768. The van der Waals surface area contributed by atoms with Gasteiger partial charge in [-0.25, -0.2) is 29.2 Å². The SMILES string of the molecule is Cc1cccc(N=Cc2c(N)cc(-c3cccc(C(CCc4cccc(-n5ncc6c(C#N)cc(-c7cccc(C(C)NC(=O)OC(C)(C)C)n7)cc65)n4)NC(=O)OC(C)(C)C)n3)cc2C#N)n1. The molecule has 0 fully saturated rings. The van der Waals surface area contributed by atoms with Gasteiger partial charge < -0.3 is 25.8 Å². The number of aromatic nitrogens is 6. The maximum atomic E-state index is 13.3. The first kappa shape index (κ1) is 47.5. The highest BCUT2D eigenvalue weighted by Crippen LogP contribution is 2.31. The maximum Gasteiger partial charge on any atom is 0.408 e. The molecular formula is C52H52N12O4. The number of hydrogen-bond donors (Lipinski definition) is 3. The summed E-state index contributed by atoms with van der Waals surface area (Å²) >= 11 is 0. The number of pyridine rings is 4. The van der Waals surface area contributed by atoms with Crippen LogP contribution >= 0.6 is 0 Å². The van der Waals surface area contributed by atoms with E-state index < -0.39 is 35.5 Å². The van der Waals surface area contributed by atoms with E-state index in [4.69, 9.17) is 30.2 Å². The number of rotatable bonds is 12. The van der Waals surface area contributed by atoms with Crippen molar-refractivity contribution in [2.75, 3.05) is 5.73 Å². The summed E-state index contributed by atoms with van der Waals surface area (Å²) < 4.78 is 12.8. The number of benzene rings is 2. The summed E-state index contributed by atoms with van der Waals surface area (Å²) in [5, 5.41) is 31.5. The van der Waals surface area contributed by atoms with Crippen molar-refractivity contribution in [2.45, 2.75) is 91.5 Å². The largest absolute Gasteiger partial charge is 0.444 e. The molecule has 68 heavy (non-hydrogen) atoms. The number of anilines is 1. The van der Waals surface area contributed by atoms with Gasteiger partial charge in [0.15, 0.2) is 11.6 Å². The van der Waals surface area contributed by atoms with Crippen LogP contribution in [-0.4, -0.2) is 59.3 Å². The van der Waals surface area contributed by atoms with Crippen molar-refractivity contribution in [3.05, 3.63) is 143 Å². The summed E-state index contributed by atoms with van der Waals surface area (Å²) in [6, 6.07) is 32.7. The summed E-state index contributed by atoms with van der Waals surface area (Å²) in [6.07, 6.45) is 2.81. The van der Waals surface area contributed by atoms with Crippen LogP contribution in [0.1, 0.15) is 106 Å². The highest BCUT2D eigenvalue weighted by atomic mass is 16.6. The first-order chi connectivity index (χ1) is 32.4. The van der Waals surface area contributed by atoms with Crippen LogP contribution in [0.5, 0.6) is 0 Å². The lowest BCUT2D eigenvalue weighted by molar-refractivity contribution is 0.0491. The van der Waals surface area contributed by atoms with E-state index in [0.29, 0.717) is 97.4 Å². The number of amides is 2. The molecule has 7 aromatic rings. The maximum absolute atomic E-state index is 13.3. The number of alkyl carbamates (subject to hydrolysis) is 2. The van der Waals surface area contributed by atoms with Crippen molar-refractivity contribution >= 4 is 40.8 Å². The van der Waals surface area contributed by atoms with Crippen LogP contribution in [0.15, 0.2) is 108 Å². The zero-order valence-electron chi connectivity index (χ0n) is 39.2. The normalized spacial score (nSPS) is 12.5. The van der Waals surface area contributed by atoms with Gasteiger partial charge in [0, 0.05) is 45.4 Å².